The van der Waals surface area contributed by atoms with Gasteiger partial charge in [0.15, 0.2) is 0 Å². The van der Waals surface area contributed by atoms with E-state index in [0.717, 1.165) is 43.2 Å². The van der Waals surface area contributed by atoms with E-state index in [1.54, 1.807) is 27.0 Å². The molecule has 42 heavy (non-hydrogen) atoms. The highest BCUT2D eigenvalue weighted by Gasteiger charge is 2.66. The summed E-state index contributed by atoms with van der Waals surface area (Å²) in [5.74, 6) is -2.17. The quantitative estimate of drug-likeness (QED) is 0.205. The van der Waals surface area contributed by atoms with E-state index >= 15 is 0 Å². The molecule has 2 aliphatic carbocycles. The number of hydrogen-bond donors (Lipinski definition) is 4. The molecule has 2 heterocycles. The van der Waals surface area contributed by atoms with Crippen LogP contribution in [0.25, 0.3) is 0 Å². The van der Waals surface area contributed by atoms with Gasteiger partial charge in [-0.3, -0.25) is 4.89 Å². The zero-order chi connectivity index (χ0) is 30.6. The Bertz CT molecular complexity index is 1220. The molecule has 1 fully saturated rings. The molecule has 1 saturated carbocycles. The molecule has 5 rings (SSSR count). The van der Waals surface area contributed by atoms with Crippen molar-refractivity contribution in [3.8, 4) is 5.75 Å². The average molecular weight is 589 g/mol. The number of benzene rings is 1. The van der Waals surface area contributed by atoms with Crippen LogP contribution in [-0.2, 0) is 25.7 Å². The van der Waals surface area contributed by atoms with E-state index in [1.165, 1.54) is 0 Å². The molecular weight excluding hydrogens is 540 g/mol. The summed E-state index contributed by atoms with van der Waals surface area (Å²) in [6.07, 6.45) is 5.29. The van der Waals surface area contributed by atoms with Crippen molar-refractivity contribution in [3.63, 3.8) is 0 Å². The summed E-state index contributed by atoms with van der Waals surface area (Å²) >= 11 is 0. The SMILES string of the molecule is CCCCCC[C@@H]1Cc2cc(O)c3c(C)c2[C@H](O1)[C@H]1[C@@H](OC)/C=C(/CO)[C@H]2CC(C)(C)[C@]2(O)[C@@H](O)C[C@]1(C)OOC3=O. The lowest BCUT2D eigenvalue weighted by Crippen LogP contribution is -2.69. The third-order valence-corrected chi connectivity index (χ3v) is 10.8. The summed E-state index contributed by atoms with van der Waals surface area (Å²) in [6, 6.07) is 1.64. The standard InChI is InChI=1S/C33H48O9/c1-7-8-9-10-11-21-12-19-13-23(35)27-18(2)26(19)29(40-21)28-24(39-6)14-20(17-34)22-15-31(3,4)33(22,38)25(36)16-32(28,5)42-41-30(27)37/h13-14,21-22,24-25,28-29,34-36,38H,7-12,15-17H2,1-6H3/b20-14-/t21-,22-,24+,25+,28-,29+,32+,33-/m1/s1. The van der Waals surface area contributed by atoms with Gasteiger partial charge in [0.2, 0.25) is 0 Å². The molecule has 0 radical (unpaired) electrons. The predicted molar refractivity (Wildman–Crippen MR) is 155 cm³/mol. The zero-order valence-electron chi connectivity index (χ0n) is 25.8. The van der Waals surface area contributed by atoms with Gasteiger partial charge in [0.1, 0.15) is 22.5 Å². The fourth-order valence-electron chi connectivity index (χ4n) is 8.36. The lowest BCUT2D eigenvalue weighted by atomic mass is 9.48. The van der Waals surface area contributed by atoms with Gasteiger partial charge in [0, 0.05) is 19.4 Å². The Morgan fingerprint density at radius 2 is 1.88 bits per heavy atom. The molecule has 1 aromatic carbocycles. The zero-order valence-corrected chi connectivity index (χ0v) is 25.8. The molecule has 0 spiro atoms. The fraction of sp³-hybridized carbons (Fsp3) is 0.727. The van der Waals surface area contributed by atoms with Gasteiger partial charge in [-0.2, -0.15) is 4.89 Å². The molecule has 0 unspecified atom stereocenters. The number of carbonyl (C=O) groups excluding carboxylic acids is 1. The first-order valence-electron chi connectivity index (χ1n) is 15.5. The average Bonchev–Trinajstić information content (AvgIpc) is 2.97. The van der Waals surface area contributed by atoms with E-state index in [2.05, 4.69) is 6.92 Å². The van der Waals surface area contributed by atoms with Crippen molar-refractivity contribution < 1.29 is 44.5 Å². The van der Waals surface area contributed by atoms with Crippen LogP contribution in [0.1, 0.15) is 106 Å². The first kappa shape index (κ1) is 31.4. The number of hydrogen-bond acceptors (Lipinski definition) is 9. The fourth-order valence-corrected chi connectivity index (χ4v) is 8.36. The molecule has 2 bridgehead atoms. The predicted octanol–water partition coefficient (Wildman–Crippen LogP) is 4.61. The molecule has 9 heteroatoms. The second-order valence-corrected chi connectivity index (χ2v) is 13.8. The number of fused-ring (bicyclic) bond motifs is 4. The second kappa shape index (κ2) is 11.5. The van der Waals surface area contributed by atoms with Gasteiger partial charge in [-0.1, -0.05) is 52.5 Å². The van der Waals surface area contributed by atoms with E-state index in [9.17, 15) is 25.2 Å². The van der Waals surface area contributed by atoms with Crippen LogP contribution < -0.4 is 0 Å². The first-order valence-corrected chi connectivity index (χ1v) is 15.5. The minimum absolute atomic E-state index is 0.0127. The van der Waals surface area contributed by atoms with Crippen molar-refractivity contribution in [2.75, 3.05) is 13.7 Å². The van der Waals surface area contributed by atoms with Crippen molar-refractivity contribution in [2.45, 2.75) is 122 Å². The van der Waals surface area contributed by atoms with Crippen LogP contribution in [0.3, 0.4) is 0 Å². The summed E-state index contributed by atoms with van der Waals surface area (Å²) in [4.78, 5) is 24.8. The molecule has 4 aliphatic rings. The highest BCUT2D eigenvalue weighted by atomic mass is 17.2. The number of methoxy groups -OCH3 is 1. The maximum atomic E-state index is 13.3. The second-order valence-electron chi connectivity index (χ2n) is 13.8. The summed E-state index contributed by atoms with van der Waals surface area (Å²) in [7, 11) is 1.57. The van der Waals surface area contributed by atoms with E-state index < -0.39 is 52.7 Å². The minimum Gasteiger partial charge on any atom is -0.507 e. The lowest BCUT2D eigenvalue weighted by Gasteiger charge is -2.61. The van der Waals surface area contributed by atoms with Crippen LogP contribution in [0.5, 0.6) is 5.75 Å². The maximum absolute atomic E-state index is 13.3. The summed E-state index contributed by atoms with van der Waals surface area (Å²) < 4.78 is 13.1. The number of aliphatic hydroxyl groups is 3. The van der Waals surface area contributed by atoms with Crippen LogP contribution >= 0.6 is 0 Å². The van der Waals surface area contributed by atoms with Crippen LogP contribution in [0.4, 0.5) is 0 Å². The van der Waals surface area contributed by atoms with Gasteiger partial charge in [-0.15, -0.1) is 0 Å². The van der Waals surface area contributed by atoms with Gasteiger partial charge < -0.3 is 29.9 Å². The van der Waals surface area contributed by atoms with Gasteiger partial charge in [0.05, 0.1) is 36.9 Å². The van der Waals surface area contributed by atoms with Gasteiger partial charge >= 0.3 is 5.97 Å². The highest BCUT2D eigenvalue weighted by Crippen LogP contribution is 2.61. The van der Waals surface area contributed by atoms with Crippen molar-refractivity contribution in [1.29, 1.82) is 0 Å². The van der Waals surface area contributed by atoms with E-state index in [-0.39, 0.29) is 30.4 Å². The van der Waals surface area contributed by atoms with Gasteiger partial charge in [-0.25, -0.2) is 4.79 Å². The molecule has 0 aromatic heterocycles. The number of carbonyl (C=O) groups is 1. The van der Waals surface area contributed by atoms with Crippen LogP contribution in [0, 0.1) is 24.2 Å². The minimum atomic E-state index is -1.56. The third-order valence-electron chi connectivity index (χ3n) is 10.8. The van der Waals surface area contributed by atoms with E-state index in [4.69, 9.17) is 19.2 Å². The van der Waals surface area contributed by atoms with E-state index in [1.807, 2.05) is 19.9 Å². The number of ether oxygens (including phenoxy) is 2. The van der Waals surface area contributed by atoms with Crippen molar-refractivity contribution in [3.05, 3.63) is 40.0 Å². The Balaban J connectivity index is 1.69. The molecule has 0 saturated heterocycles. The summed E-state index contributed by atoms with van der Waals surface area (Å²) in [5, 5.41) is 45.3. The number of rotatable bonds is 7. The van der Waals surface area contributed by atoms with Crippen LogP contribution in [0.15, 0.2) is 17.7 Å². The van der Waals surface area contributed by atoms with Crippen LogP contribution in [0.2, 0.25) is 0 Å². The normalized spacial score (nSPS) is 38.5. The first-order chi connectivity index (χ1) is 19.8. The van der Waals surface area contributed by atoms with Crippen LogP contribution in [-0.4, -0.2) is 69.6 Å². The number of aromatic hydroxyl groups is 1. The topological polar surface area (TPSA) is 135 Å². The van der Waals surface area contributed by atoms with E-state index in [0.29, 0.717) is 24.0 Å². The molecule has 0 amide bonds. The Morgan fingerprint density at radius 3 is 2.52 bits per heavy atom. The third kappa shape index (κ3) is 4.90. The number of phenolic OH excluding ortho intramolecular Hbond substituents is 1. The molecule has 1 aromatic rings. The smallest absolute Gasteiger partial charge is 0.377 e. The Morgan fingerprint density at radius 1 is 1.14 bits per heavy atom. The maximum Gasteiger partial charge on any atom is 0.377 e. The highest BCUT2D eigenvalue weighted by molar-refractivity contribution is 5.94. The number of unbranched alkanes of at least 4 members (excludes halogenated alkanes) is 3. The molecule has 4 N–H and O–H groups in total. The Hall–Kier alpha value is -2.01. The Kier molecular flexibility index (Phi) is 8.59. The van der Waals surface area contributed by atoms with Crippen molar-refractivity contribution in [2.24, 2.45) is 17.3 Å². The molecule has 2 aliphatic heterocycles. The Labute approximate surface area is 248 Å². The van der Waals surface area contributed by atoms with Gasteiger partial charge in [0.25, 0.3) is 0 Å². The largest absolute Gasteiger partial charge is 0.507 e. The monoisotopic (exact) mass is 588 g/mol. The molecule has 9 nitrogen and oxygen atoms in total. The van der Waals surface area contributed by atoms with Crippen molar-refractivity contribution >= 4 is 5.97 Å². The molecular formula is C33H48O9. The summed E-state index contributed by atoms with van der Waals surface area (Å²) in [5.41, 5.74) is -0.782. The van der Waals surface area contributed by atoms with Gasteiger partial charge in [-0.05, 0) is 66.9 Å². The molecule has 8 atom stereocenters. The molecule has 234 valence electrons. The number of phenols is 1. The summed E-state index contributed by atoms with van der Waals surface area (Å²) in [6.45, 7) is 9.18. The lowest BCUT2D eigenvalue weighted by molar-refractivity contribution is -0.353. The van der Waals surface area contributed by atoms with Crippen molar-refractivity contribution in [1.82, 2.24) is 0 Å². The number of aliphatic hydroxyl groups excluding tert-OH is 2.